The first-order valence-electron chi connectivity index (χ1n) is 20.5. The molecule has 9 aromatic carbocycles. The SMILES string of the molecule is CC1(C)c2cc(-c3ccc(CO)cc3)ccc2-c2ccc(-c3ccc4c(c3)C(C)(C)c3cc(-c5ccc6cc(-c7ccc8ccccc8c7)ccc6c5)ccc3-4)cc21. The standard InChI is InChI=1S/C57H44O/c1-56(2)52-30-44(37-11-9-35(34-58)10-12-37)19-23-48(52)50-25-21-46(32-54(50)56)47-22-26-51-49-24-20-45(31-53(49)57(3,4)55(51)33-47)43-18-17-41-28-40(15-16-42(41)29-43)39-14-13-36-7-5-6-8-38(36)27-39/h5-33,58H,34H2,1-4H3. The first-order chi connectivity index (χ1) is 28.2. The molecule has 0 heterocycles. The van der Waals surface area contributed by atoms with Crippen molar-refractivity contribution in [1.29, 1.82) is 0 Å². The number of aliphatic hydroxyl groups excluding tert-OH is 1. The molecule has 278 valence electrons. The van der Waals surface area contributed by atoms with Gasteiger partial charge in [-0.05, 0) is 159 Å². The van der Waals surface area contributed by atoms with Crippen LogP contribution in [0.3, 0.4) is 0 Å². The van der Waals surface area contributed by atoms with Gasteiger partial charge in [0.25, 0.3) is 0 Å². The lowest BCUT2D eigenvalue weighted by Gasteiger charge is -2.24. The largest absolute Gasteiger partial charge is 0.392 e. The highest BCUT2D eigenvalue weighted by molar-refractivity contribution is 5.94. The van der Waals surface area contributed by atoms with E-state index in [1.54, 1.807) is 0 Å². The smallest absolute Gasteiger partial charge is 0.0681 e. The minimum Gasteiger partial charge on any atom is -0.392 e. The van der Waals surface area contributed by atoms with E-state index in [0.717, 1.165) is 5.56 Å². The van der Waals surface area contributed by atoms with Crippen molar-refractivity contribution < 1.29 is 5.11 Å². The molecule has 1 nitrogen and oxygen atoms in total. The Bertz CT molecular complexity index is 3140. The van der Waals surface area contributed by atoms with Crippen molar-refractivity contribution in [3.05, 3.63) is 204 Å². The molecule has 0 spiro atoms. The van der Waals surface area contributed by atoms with Crippen LogP contribution >= 0.6 is 0 Å². The number of aliphatic hydroxyl groups is 1. The highest BCUT2D eigenvalue weighted by Gasteiger charge is 2.38. The van der Waals surface area contributed by atoms with Gasteiger partial charge in [0.1, 0.15) is 0 Å². The summed E-state index contributed by atoms with van der Waals surface area (Å²) < 4.78 is 0. The molecule has 2 aliphatic carbocycles. The summed E-state index contributed by atoms with van der Waals surface area (Å²) in [4.78, 5) is 0. The Labute approximate surface area is 340 Å². The van der Waals surface area contributed by atoms with Crippen molar-refractivity contribution in [2.24, 2.45) is 0 Å². The Morgan fingerprint density at radius 3 is 1.00 bits per heavy atom. The topological polar surface area (TPSA) is 20.2 Å². The van der Waals surface area contributed by atoms with Gasteiger partial charge < -0.3 is 5.11 Å². The molecular formula is C57H44O. The van der Waals surface area contributed by atoms with Crippen LogP contribution < -0.4 is 0 Å². The quantitative estimate of drug-likeness (QED) is 0.186. The zero-order valence-electron chi connectivity index (χ0n) is 33.4. The van der Waals surface area contributed by atoms with E-state index >= 15 is 0 Å². The van der Waals surface area contributed by atoms with Gasteiger partial charge in [-0.3, -0.25) is 0 Å². The summed E-state index contributed by atoms with van der Waals surface area (Å²) in [5, 5.41) is 14.6. The Morgan fingerprint density at radius 1 is 0.310 bits per heavy atom. The second-order valence-corrected chi connectivity index (χ2v) is 17.5. The molecule has 0 amide bonds. The van der Waals surface area contributed by atoms with E-state index < -0.39 is 0 Å². The van der Waals surface area contributed by atoms with Crippen LogP contribution in [-0.4, -0.2) is 5.11 Å². The molecule has 0 bridgehead atoms. The molecule has 0 aromatic heterocycles. The van der Waals surface area contributed by atoms with Gasteiger partial charge in [-0.1, -0.05) is 161 Å². The third kappa shape index (κ3) is 5.34. The van der Waals surface area contributed by atoms with Gasteiger partial charge in [0.2, 0.25) is 0 Å². The zero-order chi connectivity index (χ0) is 39.3. The Morgan fingerprint density at radius 2 is 0.603 bits per heavy atom. The fourth-order valence-corrected chi connectivity index (χ4v) is 9.97. The third-order valence-corrected chi connectivity index (χ3v) is 13.4. The monoisotopic (exact) mass is 744 g/mol. The maximum atomic E-state index is 9.54. The fraction of sp³-hybridized carbons (Fsp3) is 0.123. The van der Waals surface area contributed by atoms with Crippen LogP contribution in [-0.2, 0) is 17.4 Å². The van der Waals surface area contributed by atoms with E-state index in [1.807, 2.05) is 12.1 Å². The summed E-state index contributed by atoms with van der Waals surface area (Å²) in [6.07, 6.45) is 0. The first-order valence-corrected chi connectivity index (χ1v) is 20.5. The molecular weight excluding hydrogens is 701 g/mol. The number of hydrogen-bond acceptors (Lipinski definition) is 1. The number of benzene rings is 9. The van der Waals surface area contributed by atoms with Crippen molar-refractivity contribution in [2.45, 2.75) is 45.1 Å². The Hall–Kier alpha value is -6.54. The van der Waals surface area contributed by atoms with E-state index in [-0.39, 0.29) is 17.4 Å². The average Bonchev–Trinajstić information content (AvgIpc) is 3.63. The molecule has 0 saturated carbocycles. The average molecular weight is 745 g/mol. The number of fused-ring (bicyclic) bond motifs is 8. The summed E-state index contributed by atoms with van der Waals surface area (Å²) in [6.45, 7) is 9.55. The summed E-state index contributed by atoms with van der Waals surface area (Å²) >= 11 is 0. The van der Waals surface area contributed by atoms with Gasteiger partial charge in [0, 0.05) is 10.8 Å². The van der Waals surface area contributed by atoms with E-state index in [4.69, 9.17) is 0 Å². The molecule has 9 aromatic rings. The second kappa shape index (κ2) is 12.7. The van der Waals surface area contributed by atoms with Crippen LogP contribution in [0.15, 0.2) is 176 Å². The summed E-state index contributed by atoms with van der Waals surface area (Å²) in [5.74, 6) is 0. The van der Waals surface area contributed by atoms with Gasteiger partial charge in [-0.15, -0.1) is 0 Å². The summed E-state index contributed by atoms with van der Waals surface area (Å²) in [6, 6.07) is 65.5. The Balaban J connectivity index is 0.889. The molecule has 1 heteroatoms. The van der Waals surface area contributed by atoms with Crippen molar-refractivity contribution in [3.63, 3.8) is 0 Å². The van der Waals surface area contributed by atoms with Crippen molar-refractivity contribution in [1.82, 2.24) is 0 Å². The van der Waals surface area contributed by atoms with Crippen LogP contribution in [0.25, 0.3) is 88.3 Å². The van der Waals surface area contributed by atoms with E-state index in [2.05, 4.69) is 191 Å². The van der Waals surface area contributed by atoms with Gasteiger partial charge >= 0.3 is 0 Å². The lowest BCUT2D eigenvalue weighted by atomic mass is 9.79. The highest BCUT2D eigenvalue weighted by Crippen LogP contribution is 2.53. The molecule has 0 unspecified atom stereocenters. The van der Waals surface area contributed by atoms with Gasteiger partial charge in [-0.25, -0.2) is 0 Å². The van der Waals surface area contributed by atoms with Gasteiger partial charge in [0.15, 0.2) is 0 Å². The molecule has 0 atom stereocenters. The van der Waals surface area contributed by atoms with Crippen LogP contribution in [0.2, 0.25) is 0 Å². The molecule has 0 fully saturated rings. The molecule has 2 aliphatic rings. The van der Waals surface area contributed by atoms with Crippen LogP contribution in [0.4, 0.5) is 0 Å². The van der Waals surface area contributed by atoms with Crippen molar-refractivity contribution in [2.75, 3.05) is 0 Å². The molecule has 0 radical (unpaired) electrons. The van der Waals surface area contributed by atoms with Crippen LogP contribution in [0, 0.1) is 0 Å². The molecule has 11 rings (SSSR count). The van der Waals surface area contributed by atoms with Crippen molar-refractivity contribution >= 4 is 21.5 Å². The van der Waals surface area contributed by atoms with E-state index in [0.29, 0.717) is 0 Å². The van der Waals surface area contributed by atoms with Gasteiger partial charge in [0.05, 0.1) is 6.61 Å². The highest BCUT2D eigenvalue weighted by atomic mass is 16.3. The minimum atomic E-state index is -0.139. The number of hydrogen-bond donors (Lipinski definition) is 1. The van der Waals surface area contributed by atoms with E-state index in [9.17, 15) is 5.11 Å². The second-order valence-electron chi connectivity index (χ2n) is 17.5. The Kier molecular flexibility index (Phi) is 7.62. The summed E-state index contributed by atoms with van der Waals surface area (Å²) in [7, 11) is 0. The normalized spacial score (nSPS) is 14.3. The molecule has 0 saturated heterocycles. The minimum absolute atomic E-state index is 0.0619. The molecule has 1 N–H and O–H groups in total. The predicted molar refractivity (Wildman–Crippen MR) is 244 cm³/mol. The van der Waals surface area contributed by atoms with Crippen LogP contribution in [0.1, 0.15) is 55.5 Å². The third-order valence-electron chi connectivity index (χ3n) is 13.4. The lowest BCUT2D eigenvalue weighted by Crippen LogP contribution is -2.15. The van der Waals surface area contributed by atoms with E-state index in [1.165, 1.54) is 111 Å². The fourth-order valence-electron chi connectivity index (χ4n) is 9.97. The maximum Gasteiger partial charge on any atom is 0.0681 e. The predicted octanol–water partition coefficient (Wildman–Crippen LogP) is 14.8. The molecule has 58 heavy (non-hydrogen) atoms. The molecule has 0 aliphatic heterocycles. The summed E-state index contributed by atoms with van der Waals surface area (Å²) in [5.41, 5.74) is 21.4. The number of rotatable bonds is 5. The maximum absolute atomic E-state index is 9.54. The van der Waals surface area contributed by atoms with Gasteiger partial charge in [-0.2, -0.15) is 0 Å². The van der Waals surface area contributed by atoms with Crippen molar-refractivity contribution in [3.8, 4) is 66.8 Å². The lowest BCUT2D eigenvalue weighted by molar-refractivity contribution is 0.282. The first kappa shape index (κ1) is 34.7. The zero-order valence-corrected chi connectivity index (χ0v) is 33.4. The van der Waals surface area contributed by atoms with Crippen LogP contribution in [0.5, 0.6) is 0 Å².